The molecule has 2 rings (SSSR count). The lowest BCUT2D eigenvalue weighted by Gasteiger charge is -2.09. The molecule has 8 heteroatoms. The molecule has 0 unspecified atom stereocenters. The van der Waals surface area contributed by atoms with E-state index in [1.807, 2.05) is 6.92 Å². The van der Waals surface area contributed by atoms with E-state index in [4.69, 9.17) is 4.74 Å². The number of nitrogens with one attached hydrogen (secondary N) is 2. The summed E-state index contributed by atoms with van der Waals surface area (Å²) in [5, 5.41) is 9.65. The van der Waals surface area contributed by atoms with E-state index < -0.39 is 0 Å². The summed E-state index contributed by atoms with van der Waals surface area (Å²) in [6.45, 7) is 4.43. The zero-order valence-electron chi connectivity index (χ0n) is 15.0. The van der Waals surface area contributed by atoms with E-state index in [9.17, 15) is 9.59 Å². The van der Waals surface area contributed by atoms with E-state index >= 15 is 0 Å². The van der Waals surface area contributed by atoms with Crippen LogP contribution in [-0.4, -0.2) is 46.3 Å². The van der Waals surface area contributed by atoms with Gasteiger partial charge in [0.15, 0.2) is 0 Å². The van der Waals surface area contributed by atoms with E-state index in [2.05, 4.69) is 20.7 Å². The molecule has 1 heterocycles. The lowest BCUT2D eigenvalue weighted by atomic mass is 10.2. The Morgan fingerprint density at radius 3 is 2.92 bits per heavy atom. The Morgan fingerprint density at radius 1 is 1.27 bits per heavy atom. The fraction of sp³-hybridized carbons (Fsp3) is 0.444. The number of carbonyl (C=O) groups excluding carboxylic acids is 2. The summed E-state index contributed by atoms with van der Waals surface area (Å²) in [5.74, 6) is -0.261. The highest BCUT2D eigenvalue weighted by atomic mass is 16.5. The van der Waals surface area contributed by atoms with Gasteiger partial charge in [-0.15, -0.1) is 0 Å². The number of hydrogen-bond donors (Lipinski definition) is 2. The van der Waals surface area contributed by atoms with Crippen molar-refractivity contribution in [3.05, 3.63) is 42.5 Å². The Kier molecular flexibility index (Phi) is 8.28. The van der Waals surface area contributed by atoms with Gasteiger partial charge in [-0.1, -0.05) is 6.07 Å². The van der Waals surface area contributed by atoms with Crippen LogP contribution in [0.5, 0.6) is 0 Å². The number of anilines is 1. The van der Waals surface area contributed by atoms with Gasteiger partial charge in [0.2, 0.25) is 5.91 Å². The quantitative estimate of drug-likeness (QED) is 0.597. The molecule has 0 atom stereocenters. The lowest BCUT2D eigenvalue weighted by Crippen LogP contribution is -2.25. The molecular formula is C18H25N5O3. The van der Waals surface area contributed by atoms with E-state index in [0.29, 0.717) is 50.4 Å². The topological polar surface area (TPSA) is 98.1 Å². The van der Waals surface area contributed by atoms with Crippen molar-refractivity contribution in [3.8, 4) is 0 Å². The van der Waals surface area contributed by atoms with Crippen molar-refractivity contribution in [3.63, 3.8) is 0 Å². The van der Waals surface area contributed by atoms with Crippen LogP contribution in [0.4, 0.5) is 5.69 Å². The second kappa shape index (κ2) is 11.0. The summed E-state index contributed by atoms with van der Waals surface area (Å²) >= 11 is 0. The molecule has 1 aromatic carbocycles. The fourth-order valence-corrected chi connectivity index (χ4v) is 2.33. The first-order chi connectivity index (χ1) is 12.7. The molecule has 8 nitrogen and oxygen atoms in total. The zero-order chi connectivity index (χ0) is 18.6. The maximum Gasteiger partial charge on any atom is 0.251 e. The average molecular weight is 359 g/mol. The third-order valence-electron chi connectivity index (χ3n) is 3.62. The van der Waals surface area contributed by atoms with Gasteiger partial charge in [0.1, 0.15) is 12.7 Å². The van der Waals surface area contributed by atoms with Gasteiger partial charge in [0, 0.05) is 44.0 Å². The number of amides is 2. The van der Waals surface area contributed by atoms with Crippen molar-refractivity contribution < 1.29 is 14.3 Å². The van der Waals surface area contributed by atoms with Crippen LogP contribution in [0.3, 0.4) is 0 Å². The molecule has 0 spiro atoms. The number of benzene rings is 1. The summed E-state index contributed by atoms with van der Waals surface area (Å²) in [6, 6.07) is 6.91. The Balaban J connectivity index is 1.74. The number of carbonyl (C=O) groups is 2. The summed E-state index contributed by atoms with van der Waals surface area (Å²) in [6.07, 6.45) is 4.88. The molecule has 2 amide bonds. The zero-order valence-corrected chi connectivity index (χ0v) is 15.0. The van der Waals surface area contributed by atoms with Crippen LogP contribution in [0.1, 0.15) is 36.5 Å². The first-order valence-corrected chi connectivity index (χ1v) is 8.77. The first-order valence-electron chi connectivity index (χ1n) is 8.77. The molecular weight excluding hydrogens is 334 g/mol. The van der Waals surface area contributed by atoms with Crippen molar-refractivity contribution in [2.45, 2.75) is 32.7 Å². The first kappa shape index (κ1) is 19.6. The average Bonchev–Trinajstić information content (AvgIpc) is 3.15. The Labute approximate surface area is 153 Å². The van der Waals surface area contributed by atoms with Crippen LogP contribution in [0.2, 0.25) is 0 Å². The number of rotatable bonds is 11. The van der Waals surface area contributed by atoms with Gasteiger partial charge < -0.3 is 15.4 Å². The molecule has 2 aromatic rings. The summed E-state index contributed by atoms with van der Waals surface area (Å²) in [4.78, 5) is 28.0. The number of aryl methyl sites for hydroxylation is 1. The van der Waals surface area contributed by atoms with Crippen LogP contribution in [0, 0.1) is 0 Å². The number of hydrogen-bond acceptors (Lipinski definition) is 5. The third kappa shape index (κ3) is 7.02. The Morgan fingerprint density at radius 2 is 2.15 bits per heavy atom. The second-order valence-electron chi connectivity index (χ2n) is 5.70. The maximum absolute atomic E-state index is 12.1. The standard InChI is InChI=1S/C18H25N5O3/c1-2-26-11-5-9-20-18(25)15-6-3-7-16(12-15)22-17(24)8-4-10-23-14-19-13-21-23/h3,6-7,12-14H,2,4-5,8-11H2,1H3,(H,20,25)(H,22,24). The van der Waals surface area contributed by atoms with Crippen molar-refractivity contribution in [1.29, 1.82) is 0 Å². The van der Waals surface area contributed by atoms with Crippen molar-refractivity contribution in [2.75, 3.05) is 25.1 Å². The number of nitrogens with zero attached hydrogens (tertiary/aromatic N) is 3. The highest BCUT2D eigenvalue weighted by Gasteiger charge is 2.08. The molecule has 0 saturated carbocycles. The fourth-order valence-electron chi connectivity index (χ4n) is 2.33. The van der Waals surface area contributed by atoms with Gasteiger partial charge in [0.05, 0.1) is 0 Å². The van der Waals surface area contributed by atoms with Crippen molar-refractivity contribution >= 4 is 17.5 Å². The largest absolute Gasteiger partial charge is 0.382 e. The Hall–Kier alpha value is -2.74. The molecule has 0 radical (unpaired) electrons. The molecule has 0 aliphatic carbocycles. The number of ether oxygens (including phenoxy) is 1. The summed E-state index contributed by atoms with van der Waals surface area (Å²) in [5.41, 5.74) is 1.12. The predicted octanol–water partition coefficient (Wildman–Crippen LogP) is 1.85. The smallest absolute Gasteiger partial charge is 0.251 e. The molecule has 0 fully saturated rings. The SMILES string of the molecule is CCOCCCNC(=O)c1cccc(NC(=O)CCCn2cncn2)c1. The van der Waals surface area contributed by atoms with Gasteiger partial charge in [-0.05, 0) is 38.0 Å². The van der Waals surface area contributed by atoms with E-state index in [0.717, 1.165) is 6.42 Å². The normalized spacial score (nSPS) is 10.5. The van der Waals surface area contributed by atoms with Crippen LogP contribution < -0.4 is 10.6 Å². The molecule has 26 heavy (non-hydrogen) atoms. The van der Waals surface area contributed by atoms with Gasteiger partial charge >= 0.3 is 0 Å². The Bertz CT molecular complexity index is 688. The van der Waals surface area contributed by atoms with Gasteiger partial charge in [-0.25, -0.2) is 4.98 Å². The number of aromatic nitrogens is 3. The third-order valence-corrected chi connectivity index (χ3v) is 3.62. The molecule has 0 aliphatic rings. The van der Waals surface area contributed by atoms with Crippen molar-refractivity contribution in [2.24, 2.45) is 0 Å². The van der Waals surface area contributed by atoms with Gasteiger partial charge in [-0.3, -0.25) is 14.3 Å². The van der Waals surface area contributed by atoms with Crippen LogP contribution in [0.25, 0.3) is 0 Å². The minimum Gasteiger partial charge on any atom is -0.382 e. The van der Waals surface area contributed by atoms with Crippen LogP contribution in [-0.2, 0) is 16.1 Å². The molecule has 0 aliphatic heterocycles. The highest BCUT2D eigenvalue weighted by Crippen LogP contribution is 2.11. The molecule has 2 N–H and O–H groups in total. The van der Waals surface area contributed by atoms with Gasteiger partial charge in [0.25, 0.3) is 5.91 Å². The summed E-state index contributed by atoms with van der Waals surface area (Å²) < 4.78 is 6.92. The van der Waals surface area contributed by atoms with E-state index in [-0.39, 0.29) is 11.8 Å². The van der Waals surface area contributed by atoms with E-state index in [1.54, 1.807) is 35.3 Å². The molecule has 1 aromatic heterocycles. The van der Waals surface area contributed by atoms with E-state index in [1.165, 1.54) is 6.33 Å². The monoisotopic (exact) mass is 359 g/mol. The van der Waals surface area contributed by atoms with Gasteiger partial charge in [-0.2, -0.15) is 5.10 Å². The minimum absolute atomic E-state index is 0.0978. The molecule has 0 saturated heterocycles. The molecule has 0 bridgehead atoms. The maximum atomic E-state index is 12.1. The van der Waals surface area contributed by atoms with Crippen molar-refractivity contribution in [1.82, 2.24) is 20.1 Å². The minimum atomic E-state index is -0.163. The highest BCUT2D eigenvalue weighted by molar-refractivity contribution is 5.97. The predicted molar refractivity (Wildman–Crippen MR) is 97.8 cm³/mol. The summed E-state index contributed by atoms with van der Waals surface area (Å²) in [7, 11) is 0. The van der Waals surface area contributed by atoms with Crippen LogP contribution >= 0.6 is 0 Å². The lowest BCUT2D eigenvalue weighted by molar-refractivity contribution is -0.116. The molecule has 140 valence electrons. The van der Waals surface area contributed by atoms with Crippen LogP contribution in [0.15, 0.2) is 36.9 Å². The second-order valence-corrected chi connectivity index (χ2v) is 5.70.